The van der Waals surface area contributed by atoms with Gasteiger partial charge in [-0.1, -0.05) is 33.8 Å². The molecule has 0 bridgehead atoms. The topological polar surface area (TPSA) is 27.0 Å². The van der Waals surface area contributed by atoms with Gasteiger partial charge in [0.05, 0.1) is 11.3 Å². The maximum absolute atomic E-state index is 9.34. The van der Waals surface area contributed by atoms with Crippen LogP contribution in [0.4, 0.5) is 5.69 Å². The Balaban J connectivity index is 3.10. The Morgan fingerprint density at radius 1 is 1.16 bits per heavy atom. The Hall–Kier alpha value is -1.20. The van der Waals surface area contributed by atoms with Gasteiger partial charge in [-0.2, -0.15) is 5.26 Å². The van der Waals surface area contributed by atoms with Crippen molar-refractivity contribution in [3.63, 3.8) is 0 Å². The summed E-state index contributed by atoms with van der Waals surface area (Å²) in [6.45, 7) is 10.7. The van der Waals surface area contributed by atoms with Crippen LogP contribution in [0.3, 0.4) is 0 Å². The number of anilines is 1. The van der Waals surface area contributed by atoms with Gasteiger partial charge < -0.3 is 4.90 Å². The molecule has 0 aliphatic heterocycles. The summed E-state index contributed by atoms with van der Waals surface area (Å²) < 4.78 is 0. The summed E-state index contributed by atoms with van der Waals surface area (Å²) in [4.78, 5) is 2.31. The quantitative estimate of drug-likeness (QED) is 0.721. The van der Waals surface area contributed by atoms with Crippen molar-refractivity contribution in [2.24, 2.45) is 11.8 Å². The van der Waals surface area contributed by atoms with Crippen LogP contribution in [0.25, 0.3) is 0 Å². The first kappa shape index (κ1) is 15.9. The molecule has 1 rings (SSSR count). The molecular weight excluding hydrogens is 256 g/mol. The van der Waals surface area contributed by atoms with Gasteiger partial charge in [-0.05, 0) is 29.5 Å². The number of hydrogen-bond donors (Lipinski definition) is 0. The van der Waals surface area contributed by atoms with Gasteiger partial charge in [-0.3, -0.25) is 0 Å². The Kier molecular flexibility index (Phi) is 6.18. The van der Waals surface area contributed by atoms with E-state index in [9.17, 15) is 5.26 Å². The van der Waals surface area contributed by atoms with E-state index in [1.165, 1.54) is 0 Å². The number of benzene rings is 1. The molecule has 0 amide bonds. The number of nitriles is 1. The molecule has 3 heteroatoms. The highest BCUT2D eigenvalue weighted by Crippen LogP contribution is 2.24. The monoisotopic (exact) mass is 278 g/mol. The lowest BCUT2D eigenvalue weighted by Crippen LogP contribution is -2.31. The molecule has 0 aliphatic rings. The zero-order valence-electron chi connectivity index (χ0n) is 12.3. The Bertz CT molecular complexity index is 437. The molecule has 104 valence electrons. The zero-order valence-corrected chi connectivity index (χ0v) is 13.0. The second-order valence-electron chi connectivity index (χ2n) is 5.79. The average molecular weight is 279 g/mol. The summed E-state index contributed by atoms with van der Waals surface area (Å²) in [6, 6.07) is 8.24. The maximum atomic E-state index is 9.34. The van der Waals surface area contributed by atoms with Crippen molar-refractivity contribution in [1.29, 1.82) is 5.26 Å². The third-order valence-corrected chi connectivity index (χ3v) is 3.16. The van der Waals surface area contributed by atoms with Crippen LogP contribution in [0.15, 0.2) is 18.2 Å². The van der Waals surface area contributed by atoms with Gasteiger partial charge in [0.15, 0.2) is 0 Å². The predicted molar refractivity (Wildman–Crippen MR) is 82.6 cm³/mol. The number of nitrogens with zero attached hydrogens (tertiary/aromatic N) is 2. The fourth-order valence-electron chi connectivity index (χ4n) is 2.18. The van der Waals surface area contributed by atoms with Gasteiger partial charge in [0, 0.05) is 19.0 Å². The minimum absolute atomic E-state index is 0.448. The molecule has 0 atom stereocenters. The van der Waals surface area contributed by atoms with E-state index < -0.39 is 0 Å². The summed E-state index contributed by atoms with van der Waals surface area (Å²) in [5.74, 6) is 1.58. The molecule has 0 unspecified atom stereocenters. The van der Waals surface area contributed by atoms with Gasteiger partial charge in [0.1, 0.15) is 6.07 Å². The molecule has 0 fully saturated rings. The molecular formula is C16H23ClN2. The van der Waals surface area contributed by atoms with Crippen LogP contribution >= 0.6 is 11.6 Å². The van der Waals surface area contributed by atoms with Gasteiger partial charge in [0.25, 0.3) is 0 Å². The lowest BCUT2D eigenvalue weighted by molar-refractivity contribution is 0.552. The number of halogens is 1. The second kappa shape index (κ2) is 7.40. The van der Waals surface area contributed by atoms with Gasteiger partial charge >= 0.3 is 0 Å². The van der Waals surface area contributed by atoms with E-state index in [1.807, 2.05) is 18.2 Å². The first-order chi connectivity index (χ1) is 8.97. The van der Waals surface area contributed by atoms with Crippen LogP contribution in [0, 0.1) is 23.2 Å². The van der Waals surface area contributed by atoms with E-state index in [0.717, 1.165) is 29.9 Å². The van der Waals surface area contributed by atoms with Crippen LogP contribution < -0.4 is 4.90 Å². The van der Waals surface area contributed by atoms with Crippen LogP contribution in [0.5, 0.6) is 0 Å². The van der Waals surface area contributed by atoms with Crippen molar-refractivity contribution >= 4 is 17.3 Å². The molecule has 0 saturated carbocycles. The first-order valence-corrected chi connectivity index (χ1v) is 7.35. The van der Waals surface area contributed by atoms with Gasteiger partial charge in [-0.15, -0.1) is 11.6 Å². The Labute approximate surface area is 122 Å². The highest BCUT2D eigenvalue weighted by molar-refractivity contribution is 6.17. The standard InChI is InChI=1S/C16H23ClN2/c1-12(2)10-19(11-13(3)4)16-6-5-14(8-17)7-15(16)9-18/h5-7,12-13H,8,10-11H2,1-4H3. The van der Waals surface area contributed by atoms with E-state index in [0.29, 0.717) is 17.7 Å². The highest BCUT2D eigenvalue weighted by Gasteiger charge is 2.14. The van der Waals surface area contributed by atoms with Crippen LogP contribution in [0.1, 0.15) is 38.8 Å². The minimum atomic E-state index is 0.448. The smallest absolute Gasteiger partial charge is 0.101 e. The molecule has 2 nitrogen and oxygen atoms in total. The summed E-state index contributed by atoms with van der Waals surface area (Å²) in [5.41, 5.74) is 2.74. The third kappa shape index (κ3) is 4.76. The predicted octanol–water partition coefficient (Wildman–Crippen LogP) is 4.42. The number of rotatable bonds is 6. The molecule has 0 aromatic heterocycles. The van der Waals surface area contributed by atoms with E-state index in [-0.39, 0.29) is 0 Å². The summed E-state index contributed by atoms with van der Waals surface area (Å²) in [6.07, 6.45) is 0. The van der Waals surface area contributed by atoms with Crippen molar-refractivity contribution in [2.45, 2.75) is 33.6 Å². The Morgan fingerprint density at radius 3 is 2.16 bits per heavy atom. The van der Waals surface area contributed by atoms with Crippen molar-refractivity contribution in [1.82, 2.24) is 0 Å². The average Bonchev–Trinajstić information content (AvgIpc) is 2.36. The second-order valence-corrected chi connectivity index (χ2v) is 6.06. The maximum Gasteiger partial charge on any atom is 0.101 e. The zero-order chi connectivity index (χ0) is 14.4. The molecule has 0 spiro atoms. The van der Waals surface area contributed by atoms with Crippen LogP contribution in [-0.2, 0) is 5.88 Å². The summed E-state index contributed by atoms with van der Waals surface area (Å²) in [5, 5.41) is 9.34. The van der Waals surface area contributed by atoms with E-state index >= 15 is 0 Å². The van der Waals surface area contributed by atoms with Crippen molar-refractivity contribution in [3.8, 4) is 6.07 Å². The third-order valence-electron chi connectivity index (χ3n) is 2.85. The molecule has 0 aliphatic carbocycles. The molecule has 0 radical (unpaired) electrons. The molecule has 19 heavy (non-hydrogen) atoms. The lowest BCUT2D eigenvalue weighted by atomic mass is 10.1. The van der Waals surface area contributed by atoms with E-state index in [1.54, 1.807) is 0 Å². The number of alkyl halides is 1. The molecule has 0 saturated heterocycles. The molecule has 0 N–H and O–H groups in total. The summed E-state index contributed by atoms with van der Waals surface area (Å²) >= 11 is 5.83. The van der Waals surface area contributed by atoms with E-state index in [2.05, 4.69) is 38.7 Å². The van der Waals surface area contributed by atoms with Crippen LogP contribution in [-0.4, -0.2) is 13.1 Å². The molecule has 1 aromatic carbocycles. The molecule has 1 aromatic rings. The SMILES string of the molecule is CC(C)CN(CC(C)C)c1ccc(CCl)cc1C#N. The van der Waals surface area contributed by atoms with Crippen molar-refractivity contribution in [3.05, 3.63) is 29.3 Å². The van der Waals surface area contributed by atoms with Gasteiger partial charge in [-0.25, -0.2) is 0 Å². The first-order valence-electron chi connectivity index (χ1n) is 6.81. The largest absolute Gasteiger partial charge is 0.370 e. The fraction of sp³-hybridized carbons (Fsp3) is 0.562. The fourth-order valence-corrected chi connectivity index (χ4v) is 2.35. The molecule has 0 heterocycles. The van der Waals surface area contributed by atoms with Crippen molar-refractivity contribution in [2.75, 3.05) is 18.0 Å². The number of hydrogen-bond acceptors (Lipinski definition) is 2. The lowest BCUT2D eigenvalue weighted by Gasteiger charge is -2.29. The van der Waals surface area contributed by atoms with Crippen LogP contribution in [0.2, 0.25) is 0 Å². The normalized spacial score (nSPS) is 10.8. The van der Waals surface area contributed by atoms with Gasteiger partial charge in [0.2, 0.25) is 0 Å². The Morgan fingerprint density at radius 2 is 1.74 bits per heavy atom. The van der Waals surface area contributed by atoms with E-state index in [4.69, 9.17) is 11.6 Å². The summed E-state index contributed by atoms with van der Waals surface area (Å²) in [7, 11) is 0. The minimum Gasteiger partial charge on any atom is -0.370 e. The van der Waals surface area contributed by atoms with Crippen molar-refractivity contribution < 1.29 is 0 Å². The highest BCUT2D eigenvalue weighted by atomic mass is 35.5.